The maximum Gasteiger partial charge on any atom is 0.325 e. The number of hydrogen-bond donors (Lipinski definition) is 2. The summed E-state index contributed by atoms with van der Waals surface area (Å²) in [6.45, 7) is 9.21. The number of fused-ring (bicyclic) bond motifs is 3. The van der Waals surface area contributed by atoms with Crippen LogP contribution >= 0.6 is 0 Å². The van der Waals surface area contributed by atoms with Gasteiger partial charge < -0.3 is 24.8 Å². The molecule has 2 N–H and O–H groups in total. The van der Waals surface area contributed by atoms with Crippen LogP contribution in [-0.4, -0.2) is 79.5 Å². The molecule has 2 fully saturated rings. The fraction of sp³-hybridized carbons (Fsp3) is 0.639. The minimum Gasteiger partial charge on any atom is -0.480 e. The van der Waals surface area contributed by atoms with Crippen molar-refractivity contribution in [3.8, 4) is 0 Å². The molecule has 3 aliphatic heterocycles. The molecule has 1 aliphatic carbocycles. The number of likely N-dealkylation sites (N-methyl/N-ethyl adjacent to an activating group) is 2. The Bertz CT molecular complexity index is 1430. The van der Waals surface area contributed by atoms with E-state index in [9.17, 15) is 14.7 Å². The number of pyridine rings is 1. The van der Waals surface area contributed by atoms with Crippen molar-refractivity contribution in [2.45, 2.75) is 102 Å². The summed E-state index contributed by atoms with van der Waals surface area (Å²) in [7, 11) is 3.72. The molecule has 2 aromatic rings. The normalized spacial score (nSPS) is 24.0. The van der Waals surface area contributed by atoms with Gasteiger partial charge in [-0.15, -0.1) is 0 Å². The van der Waals surface area contributed by atoms with Crippen LogP contribution < -0.4 is 10.2 Å². The third-order valence-corrected chi connectivity index (χ3v) is 10.9. The first kappa shape index (κ1) is 32.0. The molecule has 0 radical (unpaired) electrons. The first-order chi connectivity index (χ1) is 21.5. The van der Waals surface area contributed by atoms with E-state index in [4.69, 9.17) is 14.5 Å². The Morgan fingerprint density at radius 3 is 2.78 bits per heavy atom. The van der Waals surface area contributed by atoms with E-state index >= 15 is 0 Å². The molecule has 3 atom stereocenters. The number of carbonyl (C=O) groups excluding carboxylic acids is 1. The molecule has 0 bridgehead atoms. The highest BCUT2D eigenvalue weighted by Gasteiger charge is 2.53. The van der Waals surface area contributed by atoms with Crippen molar-refractivity contribution < 1.29 is 24.2 Å². The van der Waals surface area contributed by atoms with Crippen LogP contribution in [-0.2, 0) is 37.3 Å². The molecular formula is C36H50N4O5. The molecule has 6 rings (SSSR count). The second-order valence-corrected chi connectivity index (χ2v) is 14.5. The quantitative estimate of drug-likeness (QED) is 0.340. The van der Waals surface area contributed by atoms with Crippen molar-refractivity contribution in [1.29, 1.82) is 0 Å². The van der Waals surface area contributed by atoms with Crippen LogP contribution in [0.1, 0.15) is 92.8 Å². The number of carboxylic acids is 1. The predicted molar refractivity (Wildman–Crippen MR) is 175 cm³/mol. The topological polar surface area (TPSA) is 104 Å². The van der Waals surface area contributed by atoms with Crippen molar-refractivity contribution >= 4 is 23.4 Å². The summed E-state index contributed by atoms with van der Waals surface area (Å²) in [5.41, 5.74) is 5.14. The largest absolute Gasteiger partial charge is 0.480 e. The number of unbranched alkanes of at least 4 members (excludes halogenated alkanes) is 1. The van der Waals surface area contributed by atoms with Gasteiger partial charge in [0.25, 0.3) is 0 Å². The van der Waals surface area contributed by atoms with E-state index in [1.807, 2.05) is 24.9 Å². The number of carboxylic acid groups (broad SMARTS) is 1. The number of aromatic nitrogens is 1. The number of aliphatic carboxylic acids is 1. The number of hydrogen-bond acceptors (Lipinski definition) is 7. The molecule has 2 unspecified atom stereocenters. The lowest BCUT2D eigenvalue weighted by Crippen LogP contribution is -2.43. The zero-order valence-corrected chi connectivity index (χ0v) is 27.7. The van der Waals surface area contributed by atoms with E-state index in [0.717, 1.165) is 73.4 Å². The number of amides is 1. The first-order valence-electron chi connectivity index (χ1n) is 16.8. The lowest BCUT2D eigenvalue weighted by Gasteiger charge is -2.33. The molecule has 1 spiro atoms. The van der Waals surface area contributed by atoms with E-state index in [-0.39, 0.29) is 23.5 Å². The van der Waals surface area contributed by atoms with Gasteiger partial charge in [-0.05, 0) is 94.4 Å². The van der Waals surface area contributed by atoms with E-state index < -0.39 is 17.4 Å². The van der Waals surface area contributed by atoms with E-state index in [0.29, 0.717) is 38.2 Å². The van der Waals surface area contributed by atoms with Crippen molar-refractivity contribution in [2.75, 3.05) is 50.7 Å². The van der Waals surface area contributed by atoms with Crippen LogP contribution in [0.25, 0.3) is 0 Å². The molecule has 9 nitrogen and oxygen atoms in total. The number of nitrogens with one attached hydrogen (secondary N) is 1. The van der Waals surface area contributed by atoms with E-state index in [2.05, 4.69) is 37.4 Å². The molecule has 244 valence electrons. The smallest absolute Gasteiger partial charge is 0.325 e. The van der Waals surface area contributed by atoms with Crippen molar-refractivity contribution in [2.24, 2.45) is 5.41 Å². The summed E-state index contributed by atoms with van der Waals surface area (Å²) < 4.78 is 12.1. The van der Waals surface area contributed by atoms with Crippen molar-refractivity contribution in [3.05, 3.63) is 52.2 Å². The molecule has 1 aromatic heterocycles. The number of ether oxygens (including phenoxy) is 2. The zero-order chi connectivity index (χ0) is 31.9. The Labute approximate surface area is 267 Å². The summed E-state index contributed by atoms with van der Waals surface area (Å²) in [5.74, 6) is 0.204. The fourth-order valence-corrected chi connectivity index (χ4v) is 8.37. The number of rotatable bonds is 10. The van der Waals surface area contributed by atoms with Crippen molar-refractivity contribution in [1.82, 2.24) is 9.88 Å². The van der Waals surface area contributed by atoms with Crippen LogP contribution in [0, 0.1) is 12.3 Å². The highest BCUT2D eigenvalue weighted by molar-refractivity contribution is 6.09. The zero-order valence-electron chi connectivity index (χ0n) is 27.7. The Balaban J connectivity index is 1.12. The molecule has 1 aromatic carbocycles. The summed E-state index contributed by atoms with van der Waals surface area (Å²) in [4.78, 5) is 35.3. The Kier molecular flexibility index (Phi) is 8.98. The molecule has 1 saturated carbocycles. The van der Waals surface area contributed by atoms with Gasteiger partial charge in [0.15, 0.2) is 0 Å². The Hall–Kier alpha value is -3.01. The van der Waals surface area contributed by atoms with Gasteiger partial charge in [-0.3, -0.25) is 14.5 Å². The number of anilines is 2. The minimum atomic E-state index is -0.896. The average Bonchev–Trinajstić information content (AvgIpc) is 3.42. The summed E-state index contributed by atoms with van der Waals surface area (Å²) in [6.07, 6.45) is 8.08. The minimum absolute atomic E-state index is 0.0360. The van der Waals surface area contributed by atoms with Gasteiger partial charge in [-0.25, -0.2) is 4.98 Å². The molecule has 1 amide bonds. The van der Waals surface area contributed by atoms with Gasteiger partial charge in [-0.1, -0.05) is 37.6 Å². The Morgan fingerprint density at radius 2 is 2.02 bits per heavy atom. The summed E-state index contributed by atoms with van der Waals surface area (Å²) >= 11 is 0. The second kappa shape index (κ2) is 12.6. The standard InChI is InChI=1S/C36H50N4O5/c1-23-19-27(30-28(20-23)36(34(43)40(30)5)13-17-44-18-14-36)31(33(41)42)39(4)26-21-29(35(2,3)22-26)45-16-7-6-10-25-12-11-24-9-8-15-37-32(24)38-25/h11-12,19-20,26,29,31H,6-10,13-18,21-22H2,1-5H3,(H,37,38)(H,41,42)/t26?,29?,31-/m0/s1. The van der Waals surface area contributed by atoms with Crippen molar-refractivity contribution in [3.63, 3.8) is 0 Å². The third-order valence-electron chi connectivity index (χ3n) is 10.9. The lowest BCUT2D eigenvalue weighted by atomic mass is 9.74. The molecule has 9 heteroatoms. The predicted octanol–water partition coefficient (Wildman–Crippen LogP) is 5.43. The molecule has 4 heterocycles. The number of carbonyl (C=O) groups is 2. The van der Waals surface area contributed by atoms with Crippen LogP contribution in [0.4, 0.5) is 11.5 Å². The first-order valence-corrected chi connectivity index (χ1v) is 16.8. The van der Waals surface area contributed by atoms with Crippen LogP contribution in [0.3, 0.4) is 0 Å². The number of nitrogens with zero attached hydrogens (tertiary/aromatic N) is 3. The van der Waals surface area contributed by atoms with Crippen LogP contribution in [0.2, 0.25) is 0 Å². The molecule has 4 aliphatic rings. The fourth-order valence-electron chi connectivity index (χ4n) is 8.37. The SMILES string of the molecule is Cc1cc([C@@H](C(=O)O)N(C)C2CC(OCCCCc3ccc4c(n3)NCCC4)C(C)(C)C2)c2c(c1)C1(CCOCC1)C(=O)N2C. The maximum atomic E-state index is 13.7. The highest BCUT2D eigenvalue weighted by atomic mass is 16.5. The monoisotopic (exact) mass is 618 g/mol. The molecule has 1 saturated heterocycles. The average molecular weight is 619 g/mol. The number of aryl methyl sites for hydroxylation is 3. The number of benzene rings is 1. The lowest BCUT2D eigenvalue weighted by molar-refractivity contribution is -0.144. The highest BCUT2D eigenvalue weighted by Crippen LogP contribution is 2.51. The van der Waals surface area contributed by atoms with Gasteiger partial charge >= 0.3 is 5.97 Å². The molecule has 45 heavy (non-hydrogen) atoms. The van der Waals surface area contributed by atoms with Crippen LogP contribution in [0.15, 0.2) is 24.3 Å². The summed E-state index contributed by atoms with van der Waals surface area (Å²) in [6, 6.07) is 7.60. The van der Waals surface area contributed by atoms with Gasteiger partial charge in [-0.2, -0.15) is 0 Å². The second-order valence-electron chi connectivity index (χ2n) is 14.5. The van der Waals surface area contributed by atoms with Crippen LogP contribution in [0.5, 0.6) is 0 Å². The third kappa shape index (κ3) is 5.99. The van der Waals surface area contributed by atoms with Gasteiger partial charge in [0.05, 0.1) is 17.2 Å². The van der Waals surface area contributed by atoms with E-state index in [1.165, 1.54) is 12.0 Å². The Morgan fingerprint density at radius 1 is 1.24 bits per heavy atom. The van der Waals surface area contributed by atoms with E-state index in [1.54, 1.807) is 11.9 Å². The van der Waals surface area contributed by atoms with Gasteiger partial charge in [0.1, 0.15) is 11.9 Å². The summed E-state index contributed by atoms with van der Waals surface area (Å²) in [5, 5.41) is 14.1. The maximum absolute atomic E-state index is 13.7. The van der Waals surface area contributed by atoms with Gasteiger partial charge in [0, 0.05) is 50.7 Å². The molecular weight excluding hydrogens is 568 g/mol. The van der Waals surface area contributed by atoms with Gasteiger partial charge in [0.2, 0.25) is 5.91 Å².